The first kappa shape index (κ1) is 13.6. The van der Waals surface area contributed by atoms with Crippen LogP contribution in [-0.2, 0) is 6.54 Å². The van der Waals surface area contributed by atoms with E-state index in [1.165, 1.54) is 0 Å². The molecule has 2 rings (SSSR count). The van der Waals surface area contributed by atoms with Gasteiger partial charge in [-0.1, -0.05) is 18.5 Å². The summed E-state index contributed by atoms with van der Waals surface area (Å²) < 4.78 is 0. The number of aromatic nitrogens is 1. The molecule has 1 fully saturated rings. The average molecular weight is 269 g/mol. The van der Waals surface area contributed by atoms with Crippen molar-refractivity contribution in [1.82, 2.24) is 9.88 Å². The first-order valence-corrected chi connectivity index (χ1v) is 6.83. The predicted molar refractivity (Wildman–Crippen MR) is 76.1 cm³/mol. The standard InChI is InChI=1S/C13H21ClN4/c1-3-11-9-18(5-4-17(11)2)13-6-10(7-15)12(14)8-16-13/h6,8,11H,3-5,7,9,15H2,1-2H3. The molecular formula is C13H21ClN4. The monoisotopic (exact) mass is 268 g/mol. The van der Waals surface area contributed by atoms with Crippen LogP contribution in [0.2, 0.25) is 5.02 Å². The Morgan fingerprint density at radius 3 is 2.94 bits per heavy atom. The summed E-state index contributed by atoms with van der Waals surface area (Å²) >= 11 is 6.05. The number of pyridine rings is 1. The molecule has 0 amide bonds. The fourth-order valence-corrected chi connectivity index (χ4v) is 2.57. The molecular weight excluding hydrogens is 248 g/mol. The molecule has 0 aromatic carbocycles. The third-order valence-corrected chi connectivity index (χ3v) is 4.05. The molecule has 1 aromatic heterocycles. The maximum Gasteiger partial charge on any atom is 0.129 e. The molecule has 4 nitrogen and oxygen atoms in total. The van der Waals surface area contributed by atoms with Crippen LogP contribution in [0.15, 0.2) is 12.3 Å². The lowest BCUT2D eigenvalue weighted by atomic mass is 10.1. The van der Waals surface area contributed by atoms with E-state index < -0.39 is 0 Å². The van der Waals surface area contributed by atoms with Gasteiger partial charge >= 0.3 is 0 Å². The number of piperazine rings is 1. The van der Waals surface area contributed by atoms with Crippen LogP contribution in [0.1, 0.15) is 18.9 Å². The molecule has 1 aliphatic heterocycles. The molecule has 100 valence electrons. The number of rotatable bonds is 3. The topological polar surface area (TPSA) is 45.4 Å². The SMILES string of the molecule is CCC1CN(c2cc(CN)c(Cl)cn2)CCN1C. The van der Waals surface area contributed by atoms with E-state index in [0.29, 0.717) is 17.6 Å². The fourth-order valence-electron chi connectivity index (χ4n) is 2.39. The number of nitrogens with two attached hydrogens (primary N) is 1. The van der Waals surface area contributed by atoms with Crippen molar-refractivity contribution < 1.29 is 0 Å². The van der Waals surface area contributed by atoms with Gasteiger partial charge in [-0.15, -0.1) is 0 Å². The predicted octanol–water partition coefficient (Wildman–Crippen LogP) is 1.72. The van der Waals surface area contributed by atoms with Crippen molar-refractivity contribution >= 4 is 17.4 Å². The van der Waals surface area contributed by atoms with Crippen LogP contribution in [0, 0.1) is 0 Å². The van der Waals surface area contributed by atoms with Gasteiger partial charge in [0.25, 0.3) is 0 Å². The number of hydrogen-bond donors (Lipinski definition) is 1. The Morgan fingerprint density at radius 1 is 1.50 bits per heavy atom. The van der Waals surface area contributed by atoms with Crippen molar-refractivity contribution in [3.8, 4) is 0 Å². The van der Waals surface area contributed by atoms with Crippen LogP contribution in [0.3, 0.4) is 0 Å². The summed E-state index contributed by atoms with van der Waals surface area (Å²) in [5.74, 6) is 0.992. The van der Waals surface area contributed by atoms with Gasteiger partial charge in [0, 0.05) is 38.4 Å². The van der Waals surface area contributed by atoms with Gasteiger partial charge < -0.3 is 10.6 Å². The van der Waals surface area contributed by atoms with Crippen LogP contribution in [0.5, 0.6) is 0 Å². The van der Waals surface area contributed by atoms with Gasteiger partial charge in [0.15, 0.2) is 0 Å². The van der Waals surface area contributed by atoms with E-state index in [2.05, 4.69) is 28.8 Å². The van der Waals surface area contributed by atoms with Crippen molar-refractivity contribution in [2.75, 3.05) is 31.6 Å². The van der Waals surface area contributed by atoms with Gasteiger partial charge in [0.2, 0.25) is 0 Å². The van der Waals surface area contributed by atoms with Gasteiger partial charge in [-0.3, -0.25) is 4.90 Å². The quantitative estimate of drug-likeness (QED) is 0.907. The average Bonchev–Trinajstić information content (AvgIpc) is 2.40. The molecule has 0 radical (unpaired) electrons. The highest BCUT2D eigenvalue weighted by Gasteiger charge is 2.23. The second-order valence-electron chi connectivity index (χ2n) is 4.83. The minimum atomic E-state index is 0.458. The maximum absolute atomic E-state index is 6.05. The minimum absolute atomic E-state index is 0.458. The zero-order chi connectivity index (χ0) is 13.1. The smallest absolute Gasteiger partial charge is 0.129 e. The highest BCUT2D eigenvalue weighted by Crippen LogP contribution is 2.22. The number of likely N-dealkylation sites (N-methyl/N-ethyl adjacent to an activating group) is 1. The summed E-state index contributed by atoms with van der Waals surface area (Å²) in [6, 6.07) is 2.61. The second kappa shape index (κ2) is 5.87. The summed E-state index contributed by atoms with van der Waals surface area (Å²) in [5, 5.41) is 0.655. The molecule has 18 heavy (non-hydrogen) atoms. The van der Waals surface area contributed by atoms with Crippen molar-refractivity contribution in [3.63, 3.8) is 0 Å². The Labute approximate surface area is 114 Å². The van der Waals surface area contributed by atoms with Crippen LogP contribution < -0.4 is 10.6 Å². The maximum atomic E-state index is 6.05. The number of anilines is 1. The van der Waals surface area contributed by atoms with E-state index in [4.69, 9.17) is 17.3 Å². The normalized spacial score (nSPS) is 21.3. The van der Waals surface area contributed by atoms with Crippen molar-refractivity contribution in [1.29, 1.82) is 0 Å². The lowest BCUT2D eigenvalue weighted by molar-refractivity contribution is 0.213. The summed E-state index contributed by atoms with van der Waals surface area (Å²) in [4.78, 5) is 9.16. The lowest BCUT2D eigenvalue weighted by Crippen LogP contribution is -2.51. The molecule has 0 spiro atoms. The fraction of sp³-hybridized carbons (Fsp3) is 0.615. The summed E-state index contributed by atoms with van der Waals surface area (Å²) in [6.07, 6.45) is 2.86. The zero-order valence-electron chi connectivity index (χ0n) is 11.1. The molecule has 2 heterocycles. The molecule has 0 aliphatic carbocycles. The summed E-state index contributed by atoms with van der Waals surface area (Å²) in [5.41, 5.74) is 6.65. The Bertz CT molecular complexity index is 410. The van der Waals surface area contributed by atoms with Gasteiger partial charge in [0.1, 0.15) is 5.82 Å². The molecule has 0 bridgehead atoms. The van der Waals surface area contributed by atoms with Crippen molar-refractivity contribution in [3.05, 3.63) is 22.8 Å². The Balaban J connectivity index is 2.16. The Morgan fingerprint density at radius 2 is 2.28 bits per heavy atom. The Kier molecular flexibility index (Phi) is 4.43. The third-order valence-electron chi connectivity index (χ3n) is 3.71. The highest BCUT2D eigenvalue weighted by atomic mass is 35.5. The second-order valence-corrected chi connectivity index (χ2v) is 5.23. The van der Waals surface area contributed by atoms with Crippen LogP contribution in [-0.4, -0.2) is 42.6 Å². The Hall–Kier alpha value is -0.840. The van der Waals surface area contributed by atoms with Crippen LogP contribution in [0.4, 0.5) is 5.82 Å². The first-order chi connectivity index (χ1) is 8.65. The molecule has 1 aliphatic rings. The van der Waals surface area contributed by atoms with E-state index in [1.807, 2.05) is 6.07 Å². The van der Waals surface area contributed by atoms with Gasteiger partial charge in [-0.2, -0.15) is 0 Å². The van der Waals surface area contributed by atoms with E-state index in [0.717, 1.165) is 37.4 Å². The van der Waals surface area contributed by atoms with E-state index >= 15 is 0 Å². The molecule has 1 unspecified atom stereocenters. The van der Waals surface area contributed by atoms with E-state index in [9.17, 15) is 0 Å². The summed E-state index contributed by atoms with van der Waals surface area (Å²) in [7, 11) is 2.19. The molecule has 1 saturated heterocycles. The third kappa shape index (κ3) is 2.76. The summed E-state index contributed by atoms with van der Waals surface area (Å²) in [6.45, 7) is 5.78. The van der Waals surface area contributed by atoms with Crippen molar-refractivity contribution in [2.24, 2.45) is 5.73 Å². The van der Waals surface area contributed by atoms with E-state index in [1.54, 1.807) is 6.20 Å². The van der Waals surface area contributed by atoms with Gasteiger partial charge in [-0.25, -0.2) is 4.98 Å². The molecule has 5 heteroatoms. The largest absolute Gasteiger partial charge is 0.354 e. The van der Waals surface area contributed by atoms with E-state index in [-0.39, 0.29) is 0 Å². The minimum Gasteiger partial charge on any atom is -0.354 e. The number of hydrogen-bond acceptors (Lipinski definition) is 4. The highest BCUT2D eigenvalue weighted by molar-refractivity contribution is 6.31. The molecule has 0 saturated carbocycles. The van der Waals surface area contributed by atoms with Crippen molar-refractivity contribution in [2.45, 2.75) is 25.9 Å². The lowest BCUT2D eigenvalue weighted by Gasteiger charge is -2.39. The molecule has 1 atom stereocenters. The van der Waals surface area contributed by atoms with Crippen LogP contribution >= 0.6 is 11.6 Å². The molecule has 1 aromatic rings. The van der Waals surface area contributed by atoms with Gasteiger partial charge in [0.05, 0.1) is 5.02 Å². The van der Waals surface area contributed by atoms with Crippen LogP contribution in [0.25, 0.3) is 0 Å². The molecule has 2 N–H and O–H groups in total. The number of nitrogens with zero attached hydrogens (tertiary/aromatic N) is 3. The zero-order valence-corrected chi connectivity index (χ0v) is 11.8. The van der Waals surface area contributed by atoms with Gasteiger partial charge in [-0.05, 0) is 25.1 Å². The first-order valence-electron chi connectivity index (χ1n) is 6.45. The number of halogens is 1.